The lowest BCUT2D eigenvalue weighted by Crippen LogP contribution is -2.44. The highest BCUT2D eigenvalue weighted by atomic mass is 35.5. The first-order valence-electron chi connectivity index (χ1n) is 7.17. The quantitative estimate of drug-likeness (QED) is 0.730. The minimum absolute atomic E-state index is 0.306. The van der Waals surface area contributed by atoms with Gasteiger partial charge >= 0.3 is 0 Å². The highest BCUT2D eigenvalue weighted by molar-refractivity contribution is 6.30. The lowest BCUT2D eigenvalue weighted by Gasteiger charge is -2.40. The van der Waals surface area contributed by atoms with Crippen molar-refractivity contribution in [2.45, 2.75) is 58.3 Å². The van der Waals surface area contributed by atoms with Gasteiger partial charge in [0.25, 0.3) is 0 Å². The fraction of sp³-hybridized carbons (Fsp3) is 0.588. The van der Waals surface area contributed by atoms with Gasteiger partial charge in [0, 0.05) is 10.4 Å². The summed E-state index contributed by atoms with van der Waals surface area (Å²) in [5, 5.41) is 0.726. The molecule has 0 atom stereocenters. The fourth-order valence-corrected chi connectivity index (χ4v) is 3.50. The van der Waals surface area contributed by atoms with E-state index in [0.717, 1.165) is 36.3 Å². The van der Waals surface area contributed by atoms with E-state index in [1.807, 2.05) is 39.0 Å². The number of ketones is 1. The van der Waals surface area contributed by atoms with Crippen LogP contribution >= 0.6 is 11.6 Å². The molecule has 0 heterocycles. The van der Waals surface area contributed by atoms with Gasteiger partial charge in [-0.05, 0) is 30.5 Å². The van der Waals surface area contributed by atoms with Crippen molar-refractivity contribution in [2.24, 2.45) is 5.41 Å². The van der Waals surface area contributed by atoms with Crippen molar-refractivity contribution in [3.05, 3.63) is 34.9 Å². The van der Waals surface area contributed by atoms with Gasteiger partial charge < -0.3 is 0 Å². The molecule has 1 aliphatic rings. The molecule has 0 spiro atoms. The molecule has 0 amide bonds. The van der Waals surface area contributed by atoms with Gasteiger partial charge in [-0.1, -0.05) is 63.8 Å². The van der Waals surface area contributed by atoms with Crippen LogP contribution in [0.5, 0.6) is 0 Å². The molecule has 0 aromatic heterocycles. The Kier molecular flexibility index (Phi) is 4.06. The first-order valence-corrected chi connectivity index (χ1v) is 7.55. The predicted octanol–water partition coefficient (Wildman–Crippen LogP) is 5.16. The summed E-state index contributed by atoms with van der Waals surface area (Å²) in [7, 11) is 0. The topological polar surface area (TPSA) is 17.1 Å². The smallest absolute Gasteiger partial charge is 0.148 e. The van der Waals surface area contributed by atoms with E-state index in [-0.39, 0.29) is 10.8 Å². The van der Waals surface area contributed by atoms with E-state index in [1.54, 1.807) is 0 Å². The maximum absolute atomic E-state index is 13.0. The van der Waals surface area contributed by atoms with Crippen molar-refractivity contribution in [3.63, 3.8) is 0 Å². The van der Waals surface area contributed by atoms with Gasteiger partial charge in [-0.2, -0.15) is 0 Å². The van der Waals surface area contributed by atoms with Crippen LogP contribution < -0.4 is 0 Å². The van der Waals surface area contributed by atoms with Gasteiger partial charge in [0.1, 0.15) is 5.78 Å². The van der Waals surface area contributed by atoms with Crippen molar-refractivity contribution < 1.29 is 4.79 Å². The van der Waals surface area contributed by atoms with Gasteiger partial charge in [-0.15, -0.1) is 0 Å². The van der Waals surface area contributed by atoms with E-state index in [1.165, 1.54) is 6.42 Å². The molecule has 2 heteroatoms. The zero-order valence-electron chi connectivity index (χ0n) is 12.1. The lowest BCUT2D eigenvalue weighted by atomic mass is 9.61. The molecular formula is C17H23ClO. The maximum Gasteiger partial charge on any atom is 0.148 e. The molecule has 1 saturated carbocycles. The summed E-state index contributed by atoms with van der Waals surface area (Å²) in [6.07, 6.45) is 5.43. The third-order valence-corrected chi connectivity index (χ3v) is 4.44. The second kappa shape index (κ2) is 5.28. The van der Waals surface area contributed by atoms with Crippen molar-refractivity contribution in [1.82, 2.24) is 0 Å². The Morgan fingerprint density at radius 3 is 2.32 bits per heavy atom. The highest BCUT2D eigenvalue weighted by Gasteiger charge is 2.45. The van der Waals surface area contributed by atoms with Gasteiger partial charge in [0.15, 0.2) is 0 Å². The average molecular weight is 279 g/mol. The summed E-state index contributed by atoms with van der Waals surface area (Å²) in [4.78, 5) is 13.0. The number of halogens is 1. The highest BCUT2D eigenvalue weighted by Crippen LogP contribution is 2.44. The summed E-state index contributed by atoms with van der Waals surface area (Å²) in [6.45, 7) is 6.07. The van der Waals surface area contributed by atoms with Crippen molar-refractivity contribution >= 4 is 17.4 Å². The first-order chi connectivity index (χ1) is 8.86. The monoisotopic (exact) mass is 278 g/mol. The Labute approximate surface area is 121 Å². The summed E-state index contributed by atoms with van der Waals surface area (Å²) in [6, 6.07) is 7.89. The van der Waals surface area contributed by atoms with Crippen LogP contribution in [0.15, 0.2) is 24.3 Å². The number of Topliss-reactive ketones (excluding diaryl/α,β-unsaturated/α-hetero) is 1. The van der Waals surface area contributed by atoms with E-state index in [0.29, 0.717) is 5.78 Å². The summed E-state index contributed by atoms with van der Waals surface area (Å²) >= 11 is 6.13. The molecule has 1 fully saturated rings. The maximum atomic E-state index is 13.0. The molecule has 1 aromatic rings. The van der Waals surface area contributed by atoms with Crippen LogP contribution in [0.2, 0.25) is 5.02 Å². The molecule has 0 aliphatic heterocycles. The summed E-state index contributed by atoms with van der Waals surface area (Å²) in [5.41, 5.74) is 0.487. The van der Waals surface area contributed by atoms with E-state index in [2.05, 4.69) is 6.07 Å². The average Bonchev–Trinajstić information content (AvgIpc) is 2.37. The van der Waals surface area contributed by atoms with Crippen LogP contribution in [0, 0.1) is 5.41 Å². The molecule has 19 heavy (non-hydrogen) atoms. The second-order valence-corrected chi connectivity index (χ2v) is 7.17. The van der Waals surface area contributed by atoms with Crippen molar-refractivity contribution in [2.75, 3.05) is 0 Å². The molecule has 0 N–H and O–H groups in total. The van der Waals surface area contributed by atoms with Crippen LogP contribution in [0.1, 0.15) is 58.4 Å². The lowest BCUT2D eigenvalue weighted by molar-refractivity contribution is -0.133. The van der Waals surface area contributed by atoms with E-state index >= 15 is 0 Å². The van der Waals surface area contributed by atoms with Crippen molar-refractivity contribution in [3.8, 4) is 0 Å². The van der Waals surface area contributed by atoms with Gasteiger partial charge in [0.2, 0.25) is 0 Å². The molecule has 1 nitrogen and oxygen atoms in total. The van der Waals surface area contributed by atoms with Crippen LogP contribution in [0.25, 0.3) is 0 Å². The molecule has 0 bridgehead atoms. The van der Waals surface area contributed by atoms with E-state index in [4.69, 9.17) is 11.6 Å². The molecule has 2 rings (SSSR count). The molecule has 0 radical (unpaired) electrons. The largest absolute Gasteiger partial charge is 0.298 e. The molecule has 104 valence electrons. The Balaban J connectivity index is 2.49. The van der Waals surface area contributed by atoms with Gasteiger partial charge in [0.05, 0.1) is 5.41 Å². The second-order valence-electron chi connectivity index (χ2n) is 6.73. The SMILES string of the molecule is CC(C)(C)C(=O)C1(c2cccc(Cl)c2)CCCCC1. The number of hydrogen-bond acceptors (Lipinski definition) is 1. The zero-order valence-corrected chi connectivity index (χ0v) is 12.9. The Bertz CT molecular complexity index is 464. The molecule has 1 aliphatic carbocycles. The van der Waals surface area contributed by atoms with E-state index < -0.39 is 0 Å². The number of carbonyl (C=O) groups excluding carboxylic acids is 1. The Hall–Kier alpha value is -0.820. The standard InChI is InChI=1S/C17H23ClO/c1-16(2,3)15(19)17(10-5-4-6-11-17)13-8-7-9-14(18)12-13/h7-9,12H,4-6,10-11H2,1-3H3. The Morgan fingerprint density at radius 2 is 1.79 bits per heavy atom. The van der Waals surface area contributed by atoms with Crippen LogP contribution in [-0.4, -0.2) is 5.78 Å². The summed E-state index contributed by atoms with van der Waals surface area (Å²) < 4.78 is 0. The van der Waals surface area contributed by atoms with E-state index in [9.17, 15) is 4.79 Å². The van der Waals surface area contributed by atoms with Crippen molar-refractivity contribution in [1.29, 1.82) is 0 Å². The number of carbonyl (C=O) groups is 1. The predicted molar refractivity (Wildman–Crippen MR) is 80.7 cm³/mol. The molecule has 1 aromatic carbocycles. The number of hydrogen-bond donors (Lipinski definition) is 0. The summed E-state index contributed by atoms with van der Waals surface area (Å²) in [5.74, 6) is 0.363. The van der Waals surface area contributed by atoms with Gasteiger partial charge in [-0.25, -0.2) is 0 Å². The molecular weight excluding hydrogens is 256 g/mol. The molecule has 0 saturated heterocycles. The first kappa shape index (κ1) is 14.6. The van der Waals surface area contributed by atoms with Crippen LogP contribution in [-0.2, 0) is 10.2 Å². The third kappa shape index (κ3) is 2.86. The fourth-order valence-electron chi connectivity index (χ4n) is 3.31. The Morgan fingerprint density at radius 1 is 1.16 bits per heavy atom. The van der Waals surface area contributed by atoms with Crippen LogP contribution in [0.4, 0.5) is 0 Å². The third-order valence-electron chi connectivity index (χ3n) is 4.20. The number of benzene rings is 1. The minimum atomic E-state index is -0.318. The normalized spacial score (nSPS) is 19.2. The minimum Gasteiger partial charge on any atom is -0.298 e. The zero-order chi connectivity index (χ0) is 14.1. The number of rotatable bonds is 2. The van der Waals surface area contributed by atoms with Crippen LogP contribution in [0.3, 0.4) is 0 Å². The van der Waals surface area contributed by atoms with Gasteiger partial charge in [-0.3, -0.25) is 4.79 Å². The molecule has 0 unspecified atom stereocenters.